The number of carbonyl (C=O) groups is 3. The Bertz CT molecular complexity index is 1260. The molecule has 2 aromatic rings. The fraction of sp³-hybridized carbons (Fsp3) is 0.423. The summed E-state index contributed by atoms with van der Waals surface area (Å²) in [6.07, 6.45) is -3.81. The third-order valence-electron chi connectivity index (χ3n) is 6.06. The molecule has 3 N–H and O–H groups in total. The number of amides is 2. The van der Waals surface area contributed by atoms with E-state index in [1.165, 1.54) is 0 Å². The van der Waals surface area contributed by atoms with Crippen LogP contribution in [-0.2, 0) is 25.0 Å². The van der Waals surface area contributed by atoms with Crippen molar-refractivity contribution in [2.75, 3.05) is 24.9 Å². The second-order valence-electron chi connectivity index (χ2n) is 9.94. The molecule has 9 nitrogen and oxygen atoms in total. The standard InChI is InChI=1S/C24H31N3O4S.C2HF3O2/c1-24(2,3)19-7-11-21(12-8-19)32(30,31)26-20-9-5-18(6-10-20)23(29)27-15-13-17(14-16-27)22(28)25-4;3-2(4,5)1(6)7/h5-12,17,26H,13-16H2,1-4H3,(H,25,28);(H,6,7). The van der Waals surface area contributed by atoms with Gasteiger partial charge in [-0.2, -0.15) is 13.2 Å². The molecule has 13 heteroatoms. The first-order valence-corrected chi connectivity index (χ1v) is 13.5. The number of rotatable bonds is 5. The molecule has 1 aliphatic rings. The number of anilines is 1. The van der Waals surface area contributed by atoms with Crippen LogP contribution < -0.4 is 10.0 Å². The predicted octanol–water partition coefficient (Wildman–Crippen LogP) is 4.02. The van der Waals surface area contributed by atoms with Gasteiger partial charge in [0.1, 0.15) is 0 Å². The quantitative estimate of drug-likeness (QED) is 0.497. The van der Waals surface area contributed by atoms with Crippen LogP contribution in [0.25, 0.3) is 0 Å². The van der Waals surface area contributed by atoms with Gasteiger partial charge < -0.3 is 15.3 Å². The molecule has 1 aliphatic heterocycles. The minimum Gasteiger partial charge on any atom is -0.475 e. The van der Waals surface area contributed by atoms with Crippen molar-refractivity contribution in [2.45, 2.75) is 50.1 Å². The number of carboxylic acids is 1. The van der Waals surface area contributed by atoms with Gasteiger partial charge in [-0.15, -0.1) is 0 Å². The molecule has 1 fully saturated rings. The Kier molecular flexibility index (Phi) is 10.1. The van der Waals surface area contributed by atoms with Gasteiger partial charge in [0.2, 0.25) is 5.91 Å². The lowest BCUT2D eigenvalue weighted by Gasteiger charge is -2.31. The van der Waals surface area contributed by atoms with Crippen LogP contribution in [0.4, 0.5) is 18.9 Å². The molecule has 0 unspecified atom stereocenters. The number of halogens is 3. The van der Waals surface area contributed by atoms with Crippen LogP contribution in [0.1, 0.15) is 49.5 Å². The van der Waals surface area contributed by atoms with Crippen molar-refractivity contribution < 1.29 is 41.1 Å². The van der Waals surface area contributed by atoms with E-state index in [0.717, 1.165) is 5.56 Å². The Morgan fingerprint density at radius 2 is 1.41 bits per heavy atom. The molecule has 0 atom stereocenters. The van der Waals surface area contributed by atoms with Crippen molar-refractivity contribution in [3.05, 3.63) is 59.7 Å². The molecule has 0 spiro atoms. The fourth-order valence-electron chi connectivity index (χ4n) is 3.76. The Balaban J connectivity index is 0.000000673. The number of carboxylic acid groups (broad SMARTS) is 1. The number of nitrogens with one attached hydrogen (secondary N) is 2. The first kappa shape index (κ1) is 31.6. The van der Waals surface area contributed by atoms with Gasteiger partial charge in [-0.25, -0.2) is 13.2 Å². The molecule has 2 aromatic carbocycles. The van der Waals surface area contributed by atoms with Crippen molar-refractivity contribution in [3.8, 4) is 0 Å². The Morgan fingerprint density at radius 1 is 0.923 bits per heavy atom. The lowest BCUT2D eigenvalue weighted by atomic mass is 9.87. The summed E-state index contributed by atoms with van der Waals surface area (Å²) in [5, 5.41) is 9.78. The molecule has 1 saturated heterocycles. The molecule has 1 heterocycles. The highest BCUT2D eigenvalue weighted by atomic mass is 32.2. The monoisotopic (exact) mass is 571 g/mol. The Hall–Kier alpha value is -3.61. The van der Waals surface area contributed by atoms with Crippen LogP contribution >= 0.6 is 0 Å². The van der Waals surface area contributed by atoms with E-state index < -0.39 is 22.2 Å². The van der Waals surface area contributed by atoms with Crippen molar-refractivity contribution in [3.63, 3.8) is 0 Å². The SMILES string of the molecule is CNC(=O)C1CCN(C(=O)c2ccc(NS(=O)(=O)c3ccc(C(C)(C)C)cc3)cc2)CC1.O=C(O)C(F)(F)F. The predicted molar refractivity (Wildman–Crippen MR) is 139 cm³/mol. The minimum absolute atomic E-state index is 0.0155. The normalized spacial score (nSPS) is 14.6. The summed E-state index contributed by atoms with van der Waals surface area (Å²) in [5.74, 6) is -2.92. The highest BCUT2D eigenvalue weighted by molar-refractivity contribution is 7.92. The number of carbonyl (C=O) groups excluding carboxylic acids is 2. The largest absolute Gasteiger partial charge is 0.490 e. The van der Waals surface area contributed by atoms with Crippen molar-refractivity contribution in [1.82, 2.24) is 10.2 Å². The van der Waals surface area contributed by atoms with Gasteiger partial charge in [0.05, 0.1) is 4.90 Å². The van der Waals surface area contributed by atoms with Gasteiger partial charge in [0, 0.05) is 37.3 Å². The van der Waals surface area contributed by atoms with E-state index in [1.807, 2.05) is 12.1 Å². The maximum atomic E-state index is 12.8. The molecule has 0 aromatic heterocycles. The number of hydrogen-bond acceptors (Lipinski definition) is 5. The van der Waals surface area contributed by atoms with E-state index in [1.54, 1.807) is 48.3 Å². The van der Waals surface area contributed by atoms with E-state index >= 15 is 0 Å². The molecule has 39 heavy (non-hydrogen) atoms. The second-order valence-corrected chi connectivity index (χ2v) is 11.6. The molecular weight excluding hydrogens is 539 g/mol. The lowest BCUT2D eigenvalue weighted by molar-refractivity contribution is -0.192. The zero-order valence-electron chi connectivity index (χ0n) is 22.0. The maximum Gasteiger partial charge on any atom is 0.490 e. The average Bonchev–Trinajstić information content (AvgIpc) is 2.87. The van der Waals surface area contributed by atoms with E-state index in [2.05, 4.69) is 30.8 Å². The van der Waals surface area contributed by atoms with Gasteiger partial charge in [0.15, 0.2) is 0 Å². The van der Waals surface area contributed by atoms with Gasteiger partial charge in [0.25, 0.3) is 15.9 Å². The van der Waals surface area contributed by atoms with Crippen molar-refractivity contribution >= 4 is 33.5 Å². The third-order valence-corrected chi connectivity index (χ3v) is 7.45. The van der Waals surface area contributed by atoms with Gasteiger partial charge in [-0.1, -0.05) is 32.9 Å². The number of sulfonamides is 1. The highest BCUT2D eigenvalue weighted by Gasteiger charge is 2.38. The van der Waals surface area contributed by atoms with Crippen LogP contribution in [0.3, 0.4) is 0 Å². The topological polar surface area (TPSA) is 133 Å². The lowest BCUT2D eigenvalue weighted by Crippen LogP contribution is -2.42. The summed E-state index contributed by atoms with van der Waals surface area (Å²) < 4.78 is 59.7. The maximum absolute atomic E-state index is 12.8. The smallest absolute Gasteiger partial charge is 0.475 e. The summed E-state index contributed by atoms with van der Waals surface area (Å²) in [4.78, 5) is 35.3. The zero-order valence-corrected chi connectivity index (χ0v) is 22.8. The summed E-state index contributed by atoms with van der Waals surface area (Å²) >= 11 is 0. The van der Waals surface area contributed by atoms with Crippen LogP contribution in [0, 0.1) is 5.92 Å². The first-order valence-electron chi connectivity index (χ1n) is 12.0. The summed E-state index contributed by atoms with van der Waals surface area (Å²) in [5.41, 5.74) is 1.87. The zero-order chi connectivity index (χ0) is 29.6. The molecule has 2 amide bonds. The van der Waals surface area contributed by atoms with Gasteiger partial charge >= 0.3 is 12.1 Å². The Morgan fingerprint density at radius 3 is 1.82 bits per heavy atom. The minimum atomic E-state index is -5.08. The second kappa shape index (κ2) is 12.5. The van der Waals surface area contributed by atoms with Crippen LogP contribution in [-0.4, -0.2) is 62.5 Å². The van der Waals surface area contributed by atoms with Gasteiger partial charge in [-0.3, -0.25) is 14.3 Å². The molecule has 3 rings (SSSR count). The molecule has 214 valence electrons. The van der Waals surface area contributed by atoms with E-state index in [9.17, 15) is 31.2 Å². The van der Waals surface area contributed by atoms with Gasteiger partial charge in [-0.05, 0) is 60.2 Å². The summed E-state index contributed by atoms with van der Waals surface area (Å²) in [6, 6.07) is 13.3. The van der Waals surface area contributed by atoms with Crippen molar-refractivity contribution in [2.24, 2.45) is 5.92 Å². The highest BCUT2D eigenvalue weighted by Crippen LogP contribution is 2.25. The number of alkyl halides is 3. The van der Waals surface area contributed by atoms with Crippen LogP contribution in [0.2, 0.25) is 0 Å². The molecular formula is C26H32F3N3O6S. The number of aliphatic carboxylic acids is 1. The molecule has 0 radical (unpaired) electrons. The van der Waals surface area contributed by atoms with Crippen LogP contribution in [0.15, 0.2) is 53.4 Å². The number of piperidine rings is 1. The number of nitrogens with zero attached hydrogens (tertiary/aromatic N) is 1. The van der Waals surface area contributed by atoms with E-state index in [4.69, 9.17) is 9.90 Å². The first-order chi connectivity index (χ1) is 18.0. The average molecular weight is 572 g/mol. The molecule has 0 bridgehead atoms. The molecule has 0 saturated carbocycles. The summed E-state index contributed by atoms with van der Waals surface area (Å²) in [7, 11) is -2.11. The number of likely N-dealkylation sites (tertiary alicyclic amines) is 1. The fourth-order valence-corrected chi connectivity index (χ4v) is 4.82. The third kappa shape index (κ3) is 8.98. The molecule has 0 aliphatic carbocycles. The number of benzene rings is 2. The van der Waals surface area contributed by atoms with E-state index in [0.29, 0.717) is 37.2 Å². The van der Waals surface area contributed by atoms with E-state index in [-0.39, 0.29) is 28.0 Å². The van der Waals surface area contributed by atoms with Crippen molar-refractivity contribution in [1.29, 1.82) is 0 Å². The Labute approximate surface area is 225 Å². The van der Waals surface area contributed by atoms with Crippen LogP contribution in [0.5, 0.6) is 0 Å². The number of hydrogen-bond donors (Lipinski definition) is 3. The summed E-state index contributed by atoms with van der Waals surface area (Å²) in [6.45, 7) is 7.26.